The number of aryl methyl sites for hydroxylation is 1. The van der Waals surface area contributed by atoms with Crippen LogP contribution in [0.5, 0.6) is 11.5 Å². The van der Waals surface area contributed by atoms with Crippen LogP contribution < -0.4 is 30.3 Å². The third-order valence-corrected chi connectivity index (χ3v) is 13.6. The van der Waals surface area contributed by atoms with E-state index in [1.807, 2.05) is 12.1 Å². The van der Waals surface area contributed by atoms with Crippen molar-refractivity contribution >= 4 is 5.69 Å². The SMILES string of the molecule is C/C=C1\CCC(NCc2cc(C)c(O[C@H]3CCc4c(-c5cccc(N(C)CCCC(CC)CCC(F)CCC)c5C)cccc43)cc2OCc2cc(C#N)cc(C3CN3)c2)CN1. The lowest BCUT2D eigenvalue weighted by Gasteiger charge is -2.27. The Morgan fingerprint density at radius 1 is 0.952 bits per heavy atom. The number of nitriles is 1. The Labute approximate surface area is 371 Å². The van der Waals surface area contributed by atoms with Crippen LogP contribution in [-0.4, -0.2) is 38.9 Å². The summed E-state index contributed by atoms with van der Waals surface area (Å²) < 4.78 is 27.9. The van der Waals surface area contributed by atoms with Gasteiger partial charge in [-0.15, -0.1) is 0 Å². The molecule has 2 saturated heterocycles. The van der Waals surface area contributed by atoms with Crippen molar-refractivity contribution in [2.45, 2.75) is 143 Å². The first-order valence-electron chi connectivity index (χ1n) is 23.6. The van der Waals surface area contributed by atoms with Gasteiger partial charge in [0.15, 0.2) is 0 Å². The van der Waals surface area contributed by atoms with E-state index in [2.05, 4.69) is 129 Å². The summed E-state index contributed by atoms with van der Waals surface area (Å²) in [5, 5.41) is 20.5. The van der Waals surface area contributed by atoms with Crippen LogP contribution in [0.25, 0.3) is 11.1 Å². The first-order chi connectivity index (χ1) is 30.2. The van der Waals surface area contributed by atoms with Gasteiger partial charge in [-0.1, -0.05) is 69.2 Å². The molecule has 0 spiro atoms. The van der Waals surface area contributed by atoms with Crippen molar-refractivity contribution in [2.75, 3.05) is 31.6 Å². The van der Waals surface area contributed by atoms with Crippen LogP contribution >= 0.6 is 0 Å². The second kappa shape index (κ2) is 21.5. The van der Waals surface area contributed by atoms with Gasteiger partial charge in [-0.25, -0.2) is 4.39 Å². The third kappa shape index (κ3) is 11.4. The molecule has 330 valence electrons. The molecule has 8 heteroatoms. The van der Waals surface area contributed by atoms with Gasteiger partial charge in [0.1, 0.15) is 30.4 Å². The minimum atomic E-state index is -0.652. The van der Waals surface area contributed by atoms with Crippen LogP contribution in [0.15, 0.2) is 78.5 Å². The van der Waals surface area contributed by atoms with Gasteiger partial charge < -0.3 is 30.3 Å². The van der Waals surface area contributed by atoms with Crippen LogP contribution in [0, 0.1) is 31.1 Å². The Bertz CT molecular complexity index is 2200. The first-order valence-corrected chi connectivity index (χ1v) is 23.6. The molecule has 1 aliphatic carbocycles. The molecule has 2 fully saturated rings. The molecule has 0 saturated carbocycles. The predicted octanol–water partition coefficient (Wildman–Crippen LogP) is 12.0. The van der Waals surface area contributed by atoms with Crippen molar-refractivity contribution < 1.29 is 13.9 Å². The number of ether oxygens (including phenoxy) is 2. The molecule has 4 aromatic rings. The fourth-order valence-corrected chi connectivity index (χ4v) is 9.74. The number of hydrogen-bond donors (Lipinski definition) is 3. The number of rotatable bonds is 21. The summed E-state index contributed by atoms with van der Waals surface area (Å²) in [5.74, 6) is 2.24. The van der Waals surface area contributed by atoms with Gasteiger partial charge in [0.25, 0.3) is 0 Å². The molecule has 3 aliphatic rings. The van der Waals surface area contributed by atoms with Crippen LogP contribution in [0.3, 0.4) is 0 Å². The summed E-state index contributed by atoms with van der Waals surface area (Å²) in [6.07, 6.45) is 12.1. The van der Waals surface area contributed by atoms with E-state index >= 15 is 0 Å². The molecule has 62 heavy (non-hydrogen) atoms. The molecule has 7 nitrogen and oxygen atoms in total. The van der Waals surface area contributed by atoms with Crippen LogP contribution in [-0.2, 0) is 19.6 Å². The molecule has 0 amide bonds. The maximum absolute atomic E-state index is 14.2. The zero-order chi connectivity index (χ0) is 43.6. The highest BCUT2D eigenvalue weighted by molar-refractivity contribution is 5.77. The molecular weight excluding hydrogens is 770 g/mol. The van der Waals surface area contributed by atoms with Gasteiger partial charge in [-0.2, -0.15) is 5.26 Å². The van der Waals surface area contributed by atoms with Crippen molar-refractivity contribution in [3.05, 3.63) is 123 Å². The fraction of sp³-hybridized carbons (Fsp3) is 0.500. The standard InChI is InChI=1S/C54H70FN5O2/c1-7-13-43(55)20-19-38(8-2)14-12-25-60(6)51-18-11-15-46(37(51)5)47-16-10-17-49-48(47)23-24-52(49)62-53-30-54(61-35-40-27-39(31-56)28-41(29-40)50-34-59-50)42(26-36(53)4)32-57-45-22-21-44(9-3)58-33-45/h9-11,15-18,26-30,38,43,45,50,52,57-59H,7-8,12-14,19-25,32-35H2,1-6H3/b44-9+/t38?,43?,45?,50?,52-/m0/s1. The highest BCUT2D eigenvalue weighted by Gasteiger charge is 2.29. The Morgan fingerprint density at radius 2 is 1.77 bits per heavy atom. The molecule has 4 aromatic carbocycles. The highest BCUT2D eigenvalue weighted by Crippen LogP contribution is 2.43. The van der Waals surface area contributed by atoms with Crippen LogP contribution in [0.4, 0.5) is 10.1 Å². The lowest BCUT2D eigenvalue weighted by atomic mass is 9.92. The number of anilines is 1. The first kappa shape index (κ1) is 45.2. The summed E-state index contributed by atoms with van der Waals surface area (Å²) in [7, 11) is 2.21. The normalized spacial score (nSPS) is 19.6. The van der Waals surface area contributed by atoms with E-state index in [9.17, 15) is 9.65 Å². The van der Waals surface area contributed by atoms with Crippen molar-refractivity contribution in [2.24, 2.45) is 5.92 Å². The fourth-order valence-electron chi connectivity index (χ4n) is 9.74. The average molecular weight is 840 g/mol. The van der Waals surface area contributed by atoms with E-state index in [1.165, 1.54) is 39.2 Å². The number of hydrogen-bond acceptors (Lipinski definition) is 7. The summed E-state index contributed by atoms with van der Waals surface area (Å²) in [4.78, 5) is 2.41. The lowest BCUT2D eigenvalue weighted by Crippen LogP contribution is -2.41. The number of nitrogens with zero attached hydrogens (tertiary/aromatic N) is 2. The quantitative estimate of drug-likeness (QED) is 0.0720. The van der Waals surface area contributed by atoms with Gasteiger partial charge in [-0.3, -0.25) is 0 Å². The van der Waals surface area contributed by atoms with Crippen molar-refractivity contribution in [1.29, 1.82) is 5.26 Å². The van der Waals surface area contributed by atoms with E-state index in [0.717, 1.165) is 111 Å². The average Bonchev–Trinajstić information content (AvgIpc) is 4.07. The molecule has 2 heterocycles. The number of allylic oxidation sites excluding steroid dienone is 2. The molecule has 3 N–H and O–H groups in total. The minimum Gasteiger partial charge on any atom is -0.488 e. The predicted molar refractivity (Wildman–Crippen MR) is 253 cm³/mol. The molecule has 2 aliphatic heterocycles. The second-order valence-electron chi connectivity index (χ2n) is 18.1. The van der Waals surface area contributed by atoms with Crippen molar-refractivity contribution in [3.63, 3.8) is 0 Å². The lowest BCUT2D eigenvalue weighted by molar-refractivity contribution is 0.204. The molecule has 0 aromatic heterocycles. The smallest absolute Gasteiger partial charge is 0.128 e. The topological polar surface area (TPSA) is 91.5 Å². The number of nitrogens with one attached hydrogen (secondary N) is 3. The highest BCUT2D eigenvalue weighted by atomic mass is 19.1. The third-order valence-electron chi connectivity index (χ3n) is 13.6. The maximum Gasteiger partial charge on any atom is 0.128 e. The Balaban J connectivity index is 1.07. The maximum atomic E-state index is 14.2. The molecule has 0 bridgehead atoms. The van der Waals surface area contributed by atoms with Gasteiger partial charge in [0, 0.05) is 68.3 Å². The minimum absolute atomic E-state index is 0.0668. The van der Waals surface area contributed by atoms with Gasteiger partial charge >= 0.3 is 0 Å². The van der Waals surface area contributed by atoms with E-state index in [1.54, 1.807) is 0 Å². The summed E-state index contributed by atoms with van der Waals surface area (Å²) >= 11 is 0. The van der Waals surface area contributed by atoms with E-state index in [-0.39, 0.29) is 6.10 Å². The molecular formula is C54H70FN5O2. The Morgan fingerprint density at radius 3 is 2.52 bits per heavy atom. The van der Waals surface area contributed by atoms with Crippen molar-refractivity contribution in [3.8, 4) is 28.7 Å². The monoisotopic (exact) mass is 840 g/mol. The van der Waals surface area contributed by atoms with Gasteiger partial charge in [0.05, 0.1) is 11.6 Å². The number of benzene rings is 4. The molecule has 5 atom stereocenters. The molecule has 4 unspecified atom stereocenters. The summed E-state index contributed by atoms with van der Waals surface area (Å²) in [5.41, 5.74) is 14.1. The summed E-state index contributed by atoms with van der Waals surface area (Å²) in [6.45, 7) is 14.7. The second-order valence-corrected chi connectivity index (χ2v) is 18.1. The Kier molecular flexibility index (Phi) is 15.7. The van der Waals surface area contributed by atoms with E-state index in [0.29, 0.717) is 49.6 Å². The number of halogens is 1. The largest absolute Gasteiger partial charge is 0.488 e. The van der Waals surface area contributed by atoms with Crippen LogP contribution in [0.1, 0.15) is 142 Å². The summed E-state index contributed by atoms with van der Waals surface area (Å²) in [6, 6.07) is 26.9. The van der Waals surface area contributed by atoms with Crippen LogP contribution in [0.2, 0.25) is 0 Å². The van der Waals surface area contributed by atoms with Crippen molar-refractivity contribution in [1.82, 2.24) is 16.0 Å². The van der Waals surface area contributed by atoms with E-state index in [4.69, 9.17) is 9.47 Å². The molecule has 7 rings (SSSR count). The number of piperidine rings is 1. The Hall–Kier alpha value is -4.84. The molecule has 0 radical (unpaired) electrons. The van der Waals surface area contributed by atoms with Gasteiger partial charge in [0.2, 0.25) is 0 Å². The van der Waals surface area contributed by atoms with Gasteiger partial charge in [-0.05, 0) is 153 Å². The zero-order valence-electron chi connectivity index (χ0n) is 38.2. The zero-order valence-corrected chi connectivity index (χ0v) is 38.2. The number of fused-ring (bicyclic) bond motifs is 1. The number of alkyl halides is 1. The van der Waals surface area contributed by atoms with E-state index < -0.39 is 6.17 Å².